The van der Waals surface area contributed by atoms with Gasteiger partial charge in [0.2, 0.25) is 5.91 Å². The van der Waals surface area contributed by atoms with E-state index in [-0.39, 0.29) is 23.4 Å². The lowest BCUT2D eigenvalue weighted by molar-refractivity contribution is -0.167. The van der Waals surface area contributed by atoms with E-state index in [2.05, 4.69) is 10.1 Å². The average molecular weight is 458 g/mol. The lowest BCUT2D eigenvalue weighted by Crippen LogP contribution is -2.49. The van der Waals surface area contributed by atoms with Gasteiger partial charge in [-0.15, -0.1) is 0 Å². The highest BCUT2D eigenvalue weighted by molar-refractivity contribution is 6.14. The molecule has 2 N–H and O–H groups in total. The minimum absolute atomic E-state index is 0.0616. The number of carbonyl (C=O) groups excluding carboxylic acids is 1. The van der Waals surface area contributed by atoms with Crippen molar-refractivity contribution in [2.24, 2.45) is 5.10 Å². The molecule has 1 aromatic heterocycles. The van der Waals surface area contributed by atoms with Crippen LogP contribution in [0.15, 0.2) is 65.5 Å². The van der Waals surface area contributed by atoms with Gasteiger partial charge in [0.15, 0.2) is 0 Å². The molecule has 0 bridgehead atoms. The fourth-order valence-corrected chi connectivity index (χ4v) is 2.81. The van der Waals surface area contributed by atoms with E-state index in [1.807, 2.05) is 0 Å². The number of aliphatic hydroxyl groups is 1. The summed E-state index contributed by atoms with van der Waals surface area (Å²) < 4.78 is 77.3. The number of hydrogen-bond donors (Lipinski definition) is 2. The molecule has 6 nitrogen and oxygen atoms in total. The fraction of sp³-hybridized carbons (Fsp3) is 0.250. The lowest BCUT2D eigenvalue weighted by Gasteiger charge is -2.27. The van der Waals surface area contributed by atoms with Crippen LogP contribution in [0.1, 0.15) is 11.1 Å². The van der Waals surface area contributed by atoms with Crippen molar-refractivity contribution >= 4 is 17.3 Å². The molecule has 2 heterocycles. The molecule has 12 heteroatoms. The molecule has 1 aliphatic rings. The number of pyridine rings is 1. The molecule has 1 aliphatic heterocycles. The third-order valence-electron chi connectivity index (χ3n) is 4.49. The Morgan fingerprint density at radius 2 is 1.81 bits per heavy atom. The molecule has 0 saturated carbocycles. The highest BCUT2D eigenvalue weighted by Crippen LogP contribution is 2.30. The van der Waals surface area contributed by atoms with Gasteiger partial charge in [0.1, 0.15) is 6.04 Å². The highest BCUT2D eigenvalue weighted by atomic mass is 19.4. The zero-order valence-electron chi connectivity index (χ0n) is 16.2. The van der Waals surface area contributed by atoms with Crippen molar-refractivity contribution in [3.63, 3.8) is 0 Å². The molecule has 0 saturated heterocycles. The smallest absolute Gasteiger partial charge is 0.394 e. The molecule has 2 aromatic rings. The number of halogens is 6. The van der Waals surface area contributed by atoms with Crippen molar-refractivity contribution in [1.82, 2.24) is 10.3 Å². The molecule has 1 amide bonds. The first-order valence-electron chi connectivity index (χ1n) is 9.12. The van der Waals surface area contributed by atoms with Crippen LogP contribution in [0.25, 0.3) is 0 Å². The number of aromatic nitrogens is 1. The van der Waals surface area contributed by atoms with Gasteiger partial charge >= 0.3 is 12.4 Å². The summed E-state index contributed by atoms with van der Waals surface area (Å²) in [5.41, 5.74) is -0.344. The van der Waals surface area contributed by atoms with E-state index in [1.165, 1.54) is 23.5 Å². The van der Waals surface area contributed by atoms with Gasteiger partial charge in [0.25, 0.3) is 0 Å². The lowest BCUT2D eigenvalue weighted by atomic mass is 10.0. The summed E-state index contributed by atoms with van der Waals surface area (Å²) in [5, 5.41) is 16.3. The zero-order chi connectivity index (χ0) is 23.5. The summed E-state index contributed by atoms with van der Waals surface area (Å²) in [4.78, 5) is 16.4. The van der Waals surface area contributed by atoms with Crippen LogP contribution in [0.5, 0.6) is 0 Å². The number of benzene rings is 1. The van der Waals surface area contributed by atoms with Crippen LogP contribution < -0.4 is 10.3 Å². The monoisotopic (exact) mass is 458 g/mol. The molecular weight excluding hydrogens is 442 g/mol. The summed E-state index contributed by atoms with van der Waals surface area (Å²) in [5.74, 6) is -1.10. The molecule has 170 valence electrons. The Bertz CT molecular complexity index is 1020. The molecule has 0 radical (unpaired) electrons. The number of anilines is 1. The summed E-state index contributed by atoms with van der Waals surface area (Å²) in [7, 11) is 0. The first-order chi connectivity index (χ1) is 15.0. The van der Waals surface area contributed by atoms with Crippen LogP contribution in [-0.2, 0) is 11.0 Å². The Labute approximate surface area is 177 Å². The largest absolute Gasteiger partial charge is 0.416 e. The van der Waals surface area contributed by atoms with Crippen molar-refractivity contribution in [2.45, 2.75) is 18.4 Å². The number of nitrogens with one attached hydrogen (secondary N) is 1. The second-order valence-corrected chi connectivity index (χ2v) is 6.75. The minimum atomic E-state index is -4.87. The van der Waals surface area contributed by atoms with Gasteiger partial charge in [-0.25, -0.2) is 0 Å². The molecule has 1 unspecified atom stereocenters. The SMILES string of the molecule is O=C(NC(CO)C(F)(F)F)C1=CC(c2ccc(C(F)(F)F)cc2)=NN(c2cccnc2)C1. The Morgan fingerprint density at radius 1 is 1.12 bits per heavy atom. The van der Waals surface area contributed by atoms with Crippen LogP contribution in [-0.4, -0.2) is 47.1 Å². The number of rotatable bonds is 5. The Kier molecular flexibility index (Phi) is 6.53. The number of aliphatic hydroxyl groups excluding tert-OH is 1. The molecule has 0 spiro atoms. The van der Waals surface area contributed by atoms with Gasteiger partial charge < -0.3 is 10.4 Å². The average Bonchev–Trinajstić information content (AvgIpc) is 2.76. The normalized spacial score (nSPS) is 15.7. The second kappa shape index (κ2) is 8.99. The van der Waals surface area contributed by atoms with Crippen molar-refractivity contribution in [2.75, 3.05) is 18.2 Å². The van der Waals surface area contributed by atoms with Crippen LogP contribution in [0.3, 0.4) is 0 Å². The van der Waals surface area contributed by atoms with Gasteiger partial charge in [-0.1, -0.05) is 12.1 Å². The topological polar surface area (TPSA) is 77.8 Å². The molecule has 1 aromatic carbocycles. The molecule has 3 rings (SSSR count). The highest BCUT2D eigenvalue weighted by Gasteiger charge is 2.41. The molecular formula is C20H16F6N4O2. The zero-order valence-corrected chi connectivity index (χ0v) is 16.2. The van der Waals surface area contributed by atoms with E-state index in [9.17, 15) is 31.1 Å². The molecule has 0 aliphatic carbocycles. The van der Waals surface area contributed by atoms with E-state index in [0.717, 1.165) is 24.3 Å². The van der Waals surface area contributed by atoms with Crippen molar-refractivity contribution < 1.29 is 36.2 Å². The van der Waals surface area contributed by atoms with E-state index in [4.69, 9.17) is 5.11 Å². The maximum atomic E-state index is 12.9. The summed E-state index contributed by atoms with van der Waals surface area (Å²) in [6.45, 7) is -1.58. The van der Waals surface area contributed by atoms with Gasteiger partial charge in [-0.3, -0.25) is 14.8 Å². The number of hydrazone groups is 1. The number of allylic oxidation sites excluding steroid dienone is 1. The van der Waals surface area contributed by atoms with Crippen molar-refractivity contribution in [1.29, 1.82) is 0 Å². The summed E-state index contributed by atoms with van der Waals surface area (Å²) in [6.07, 6.45) is -5.34. The number of amides is 1. The van der Waals surface area contributed by atoms with Crippen LogP contribution in [0, 0.1) is 0 Å². The van der Waals surface area contributed by atoms with Crippen LogP contribution in [0.4, 0.5) is 32.0 Å². The first kappa shape index (κ1) is 23.3. The second-order valence-electron chi connectivity index (χ2n) is 6.75. The Balaban J connectivity index is 1.96. The third-order valence-corrected chi connectivity index (χ3v) is 4.49. The van der Waals surface area contributed by atoms with Crippen molar-refractivity contribution in [3.05, 3.63) is 71.6 Å². The molecule has 32 heavy (non-hydrogen) atoms. The van der Waals surface area contributed by atoms with E-state index < -0.39 is 36.5 Å². The van der Waals surface area contributed by atoms with Crippen LogP contribution >= 0.6 is 0 Å². The van der Waals surface area contributed by atoms with Crippen molar-refractivity contribution in [3.8, 4) is 0 Å². The molecule has 0 fully saturated rings. The predicted octanol–water partition coefficient (Wildman–Crippen LogP) is 3.29. The maximum Gasteiger partial charge on any atom is 0.416 e. The summed E-state index contributed by atoms with van der Waals surface area (Å²) >= 11 is 0. The number of nitrogens with zero attached hydrogens (tertiary/aromatic N) is 3. The number of hydrogen-bond acceptors (Lipinski definition) is 5. The minimum Gasteiger partial charge on any atom is -0.394 e. The van der Waals surface area contributed by atoms with Gasteiger partial charge in [-0.05, 0) is 30.3 Å². The van der Waals surface area contributed by atoms with E-state index in [0.29, 0.717) is 5.69 Å². The Morgan fingerprint density at radius 3 is 2.34 bits per heavy atom. The van der Waals surface area contributed by atoms with E-state index in [1.54, 1.807) is 17.4 Å². The van der Waals surface area contributed by atoms with Gasteiger partial charge in [0.05, 0.1) is 36.3 Å². The van der Waals surface area contributed by atoms with E-state index >= 15 is 0 Å². The maximum absolute atomic E-state index is 12.9. The standard InChI is InChI=1S/C20H16F6N4O2/c21-19(22,23)14-5-3-12(4-6-14)16-8-13(18(32)28-17(11-31)20(24,25)26)10-30(29-16)15-2-1-7-27-9-15/h1-9,17,31H,10-11H2,(H,28,32). The number of alkyl halides is 6. The summed E-state index contributed by atoms with van der Waals surface area (Å²) in [6, 6.07) is 4.65. The predicted molar refractivity (Wildman–Crippen MR) is 103 cm³/mol. The van der Waals surface area contributed by atoms with Crippen LogP contribution in [0.2, 0.25) is 0 Å². The quantitative estimate of drug-likeness (QED) is 0.675. The van der Waals surface area contributed by atoms with Gasteiger partial charge in [0, 0.05) is 17.3 Å². The molecule has 1 atom stereocenters. The van der Waals surface area contributed by atoms with Gasteiger partial charge in [-0.2, -0.15) is 31.4 Å². The Hall–Kier alpha value is -3.41. The number of carbonyl (C=O) groups is 1. The fourth-order valence-electron chi connectivity index (χ4n) is 2.81. The third kappa shape index (κ3) is 5.44. The first-order valence-corrected chi connectivity index (χ1v) is 9.12.